The van der Waals surface area contributed by atoms with E-state index in [1.54, 1.807) is 32.1 Å². The number of rotatable bonds is 5. The highest BCUT2D eigenvalue weighted by atomic mass is 127. The molecule has 1 heterocycles. The monoisotopic (exact) mass is 462 g/mol. The number of halogens is 1. The lowest BCUT2D eigenvalue weighted by atomic mass is 10.0. The smallest absolute Gasteiger partial charge is 0.336 e. The Bertz CT molecular complexity index is 849. The van der Waals surface area contributed by atoms with E-state index < -0.39 is 11.5 Å². The zero-order chi connectivity index (χ0) is 18.7. The molecule has 134 valence electrons. The molecule has 0 aliphatic carbocycles. The number of esters is 1. The van der Waals surface area contributed by atoms with Crippen LogP contribution in [-0.2, 0) is 14.3 Å². The number of hydrogen-bond acceptors (Lipinski definition) is 4. The molecule has 26 heavy (non-hydrogen) atoms. The summed E-state index contributed by atoms with van der Waals surface area (Å²) in [6.07, 6.45) is 1.64. The minimum absolute atomic E-state index is 0.249. The second-order valence-electron chi connectivity index (χ2n) is 6.03. The van der Waals surface area contributed by atoms with Gasteiger partial charge in [0, 0.05) is 14.9 Å². The zero-order valence-corrected chi connectivity index (χ0v) is 16.7. The van der Waals surface area contributed by atoms with Gasteiger partial charge in [0.25, 0.3) is 5.91 Å². The molecule has 2 aromatic carbocycles. The van der Waals surface area contributed by atoms with Gasteiger partial charge in [-0.1, -0.05) is 18.2 Å². The van der Waals surface area contributed by atoms with E-state index >= 15 is 0 Å². The molecule has 5 nitrogen and oxygen atoms in total. The molecular formula is C20H19IN2O3. The molecule has 0 fully saturated rings. The lowest BCUT2D eigenvalue weighted by molar-refractivity contribution is -0.147. The number of carbonyl (C=O) groups is 2. The number of anilines is 2. The highest BCUT2D eigenvalue weighted by molar-refractivity contribution is 14.1. The van der Waals surface area contributed by atoms with Crippen molar-refractivity contribution < 1.29 is 14.3 Å². The number of para-hydroxylation sites is 1. The van der Waals surface area contributed by atoms with Gasteiger partial charge in [0.1, 0.15) is 5.70 Å². The molecular weight excluding hydrogens is 443 g/mol. The van der Waals surface area contributed by atoms with Crippen LogP contribution in [0.4, 0.5) is 11.4 Å². The summed E-state index contributed by atoms with van der Waals surface area (Å²) < 4.78 is 6.34. The van der Waals surface area contributed by atoms with Gasteiger partial charge in [-0.25, -0.2) is 4.79 Å². The van der Waals surface area contributed by atoms with Crippen LogP contribution >= 0.6 is 22.6 Å². The minimum atomic E-state index is -1.21. The number of hydrogen-bond donors (Lipinski definition) is 1. The molecule has 3 rings (SSSR count). The maximum atomic E-state index is 13.1. The summed E-state index contributed by atoms with van der Waals surface area (Å²) in [4.78, 5) is 27.2. The summed E-state index contributed by atoms with van der Waals surface area (Å²) in [5, 5.41) is 3.13. The zero-order valence-electron chi connectivity index (χ0n) is 14.5. The molecule has 0 aromatic heterocycles. The first kappa shape index (κ1) is 18.4. The third kappa shape index (κ3) is 3.46. The van der Waals surface area contributed by atoms with Crippen molar-refractivity contribution in [1.82, 2.24) is 0 Å². The Labute approximate surface area is 166 Å². The molecule has 2 aromatic rings. The quantitative estimate of drug-likeness (QED) is 0.540. The number of nitrogens with zero attached hydrogens (tertiary/aromatic N) is 1. The van der Waals surface area contributed by atoms with Crippen molar-refractivity contribution in [2.45, 2.75) is 19.4 Å². The van der Waals surface area contributed by atoms with Crippen LogP contribution in [0.15, 0.2) is 66.4 Å². The fourth-order valence-corrected chi connectivity index (χ4v) is 3.27. The van der Waals surface area contributed by atoms with Gasteiger partial charge >= 0.3 is 5.97 Å². The molecule has 1 atom stereocenters. The van der Waals surface area contributed by atoms with Gasteiger partial charge < -0.3 is 10.1 Å². The molecule has 0 radical (unpaired) electrons. The van der Waals surface area contributed by atoms with Crippen LogP contribution in [0.25, 0.3) is 0 Å². The molecule has 0 bridgehead atoms. The van der Waals surface area contributed by atoms with Crippen LogP contribution < -0.4 is 10.2 Å². The van der Waals surface area contributed by atoms with E-state index in [1.807, 2.05) is 42.5 Å². The first-order valence-electron chi connectivity index (χ1n) is 8.28. The van der Waals surface area contributed by atoms with Crippen molar-refractivity contribution in [2.75, 3.05) is 16.8 Å². The van der Waals surface area contributed by atoms with Gasteiger partial charge in [-0.2, -0.15) is 0 Å². The molecule has 0 spiro atoms. The number of amides is 1. The summed E-state index contributed by atoms with van der Waals surface area (Å²) >= 11 is 2.22. The second kappa shape index (κ2) is 7.49. The highest BCUT2D eigenvalue weighted by Gasteiger charge is 2.49. The van der Waals surface area contributed by atoms with Crippen molar-refractivity contribution in [1.29, 1.82) is 0 Å². The molecule has 0 unspecified atom stereocenters. The van der Waals surface area contributed by atoms with E-state index in [0.717, 1.165) is 9.26 Å². The first-order valence-corrected chi connectivity index (χ1v) is 9.36. The maximum Gasteiger partial charge on any atom is 0.336 e. The van der Waals surface area contributed by atoms with Crippen molar-refractivity contribution in [2.24, 2.45) is 0 Å². The molecule has 0 saturated carbocycles. The van der Waals surface area contributed by atoms with Gasteiger partial charge in [-0.05, 0) is 78.9 Å². The van der Waals surface area contributed by atoms with E-state index in [9.17, 15) is 9.59 Å². The third-order valence-electron chi connectivity index (χ3n) is 4.15. The van der Waals surface area contributed by atoms with Gasteiger partial charge in [0.15, 0.2) is 5.54 Å². The fraction of sp³-hybridized carbons (Fsp3) is 0.200. The van der Waals surface area contributed by atoms with Gasteiger partial charge in [-0.15, -0.1) is 0 Å². The largest absolute Gasteiger partial charge is 0.464 e. The number of ether oxygens (including phenoxy) is 1. The number of carbonyl (C=O) groups excluding carboxylic acids is 2. The highest BCUT2D eigenvalue weighted by Crippen LogP contribution is 2.35. The van der Waals surface area contributed by atoms with E-state index in [0.29, 0.717) is 11.4 Å². The molecule has 1 N–H and O–H groups in total. The van der Waals surface area contributed by atoms with E-state index in [2.05, 4.69) is 27.9 Å². The Balaban J connectivity index is 1.99. The number of nitrogens with one attached hydrogen (secondary N) is 1. The summed E-state index contributed by atoms with van der Waals surface area (Å²) in [6, 6.07) is 16.8. The molecule has 1 amide bonds. The molecule has 1 aliphatic rings. The Morgan fingerprint density at radius 3 is 2.42 bits per heavy atom. The van der Waals surface area contributed by atoms with Crippen LogP contribution in [0, 0.1) is 3.57 Å². The third-order valence-corrected chi connectivity index (χ3v) is 4.87. The summed E-state index contributed by atoms with van der Waals surface area (Å²) in [6.45, 7) is 3.69. The Morgan fingerprint density at radius 2 is 1.81 bits per heavy atom. The fourth-order valence-electron chi connectivity index (χ4n) is 2.91. The van der Waals surface area contributed by atoms with Gasteiger partial charge in [0.2, 0.25) is 0 Å². The Kier molecular flexibility index (Phi) is 5.31. The SMILES string of the molecule is CCOC(=O)[C@@]1(C)C=C(Nc2ccc(I)cc2)C(=O)N1c1ccccc1. The summed E-state index contributed by atoms with van der Waals surface area (Å²) in [5.41, 5.74) is 0.570. The summed E-state index contributed by atoms with van der Waals surface area (Å²) in [5.74, 6) is -0.734. The normalized spacial score (nSPS) is 19.3. The predicted octanol–water partition coefficient (Wildman–Crippen LogP) is 3.96. The average molecular weight is 462 g/mol. The molecule has 0 saturated heterocycles. The van der Waals surface area contributed by atoms with Gasteiger partial charge in [0.05, 0.1) is 6.61 Å². The van der Waals surface area contributed by atoms with Crippen LogP contribution in [0.3, 0.4) is 0 Å². The minimum Gasteiger partial charge on any atom is -0.464 e. The van der Waals surface area contributed by atoms with Crippen LogP contribution in [0.2, 0.25) is 0 Å². The van der Waals surface area contributed by atoms with Gasteiger partial charge in [-0.3, -0.25) is 9.69 Å². The van der Waals surface area contributed by atoms with Crippen molar-refractivity contribution in [3.05, 3.63) is 69.9 Å². The average Bonchev–Trinajstić information content (AvgIpc) is 2.89. The Morgan fingerprint density at radius 1 is 1.15 bits per heavy atom. The standard InChI is InChI=1S/C20H19IN2O3/c1-3-26-19(25)20(2)13-17(22-15-11-9-14(21)10-12-15)18(24)23(20)16-7-5-4-6-8-16/h4-13,22H,3H2,1-2H3/t20-/m1/s1. The topological polar surface area (TPSA) is 58.6 Å². The molecule has 6 heteroatoms. The van der Waals surface area contributed by atoms with E-state index in [4.69, 9.17) is 4.74 Å². The maximum absolute atomic E-state index is 13.1. The Hall–Kier alpha value is -2.35. The lowest BCUT2D eigenvalue weighted by Gasteiger charge is -2.32. The van der Waals surface area contributed by atoms with Crippen LogP contribution in [0.5, 0.6) is 0 Å². The van der Waals surface area contributed by atoms with E-state index in [-0.39, 0.29) is 12.5 Å². The lowest BCUT2D eigenvalue weighted by Crippen LogP contribution is -2.51. The summed E-state index contributed by atoms with van der Waals surface area (Å²) in [7, 11) is 0. The first-order chi connectivity index (χ1) is 12.5. The van der Waals surface area contributed by atoms with Crippen LogP contribution in [0.1, 0.15) is 13.8 Å². The molecule has 1 aliphatic heterocycles. The van der Waals surface area contributed by atoms with Crippen molar-refractivity contribution in [3.8, 4) is 0 Å². The van der Waals surface area contributed by atoms with Crippen molar-refractivity contribution in [3.63, 3.8) is 0 Å². The van der Waals surface area contributed by atoms with Crippen LogP contribution in [-0.4, -0.2) is 24.0 Å². The van der Waals surface area contributed by atoms with Crippen molar-refractivity contribution >= 4 is 45.8 Å². The number of benzene rings is 2. The second-order valence-corrected chi connectivity index (χ2v) is 7.28. The van der Waals surface area contributed by atoms with E-state index in [1.165, 1.54) is 4.90 Å². The predicted molar refractivity (Wildman–Crippen MR) is 110 cm³/mol.